The first-order chi connectivity index (χ1) is 13.2. The summed E-state index contributed by atoms with van der Waals surface area (Å²) in [7, 11) is 0. The molecule has 3 aromatic heterocycles. The second-order valence-electron chi connectivity index (χ2n) is 7.04. The van der Waals surface area contributed by atoms with E-state index < -0.39 is 12.0 Å². The molecule has 1 atom stereocenters. The summed E-state index contributed by atoms with van der Waals surface area (Å²) in [6, 6.07) is -0.531. The zero-order chi connectivity index (χ0) is 18.4. The average molecular weight is 381 g/mol. The van der Waals surface area contributed by atoms with Crippen molar-refractivity contribution in [3.63, 3.8) is 0 Å². The van der Waals surface area contributed by atoms with Crippen molar-refractivity contribution in [2.24, 2.45) is 0 Å². The van der Waals surface area contributed by atoms with E-state index in [0.717, 1.165) is 41.7 Å². The summed E-state index contributed by atoms with van der Waals surface area (Å²) in [6.45, 7) is 0.702. The minimum atomic E-state index is -0.788. The molecule has 7 nitrogen and oxygen atoms in total. The van der Waals surface area contributed by atoms with Gasteiger partial charge >= 0.3 is 5.97 Å². The summed E-state index contributed by atoms with van der Waals surface area (Å²) in [5.74, 6) is 0.481. The third-order valence-corrected chi connectivity index (χ3v) is 6.58. The van der Waals surface area contributed by atoms with Crippen molar-refractivity contribution in [3.8, 4) is 11.5 Å². The summed E-state index contributed by atoms with van der Waals surface area (Å²) >= 11 is 1.72. The molecule has 5 rings (SSSR count). The predicted molar refractivity (Wildman–Crippen MR) is 103 cm³/mol. The molecule has 8 heteroatoms. The molecular weight excluding hydrogens is 362 g/mol. The summed E-state index contributed by atoms with van der Waals surface area (Å²) in [4.78, 5) is 34.1. The number of carbonyl (C=O) groups is 1. The third-order valence-electron chi connectivity index (χ3n) is 5.40. The zero-order valence-electron chi connectivity index (χ0n) is 14.8. The molecule has 27 heavy (non-hydrogen) atoms. The van der Waals surface area contributed by atoms with E-state index in [9.17, 15) is 9.90 Å². The van der Waals surface area contributed by atoms with Gasteiger partial charge in [0.15, 0.2) is 5.82 Å². The SMILES string of the molecule is O=C(O)[C@@H]1CCCN1c1nc(-c2cnccn2)nc2sc3c(c12)CCCC3. The van der Waals surface area contributed by atoms with Crippen molar-refractivity contribution >= 4 is 33.3 Å². The number of fused-ring (bicyclic) bond motifs is 3. The predicted octanol–water partition coefficient (Wildman–Crippen LogP) is 3.08. The number of hydrogen-bond donors (Lipinski definition) is 1. The fraction of sp³-hybridized carbons (Fsp3) is 0.421. The number of hydrogen-bond acceptors (Lipinski definition) is 7. The minimum absolute atomic E-state index is 0.514. The monoisotopic (exact) mass is 381 g/mol. The molecule has 1 saturated heterocycles. The van der Waals surface area contributed by atoms with Crippen LogP contribution in [0.3, 0.4) is 0 Å². The molecule has 0 radical (unpaired) electrons. The second kappa shape index (κ2) is 6.53. The van der Waals surface area contributed by atoms with Gasteiger partial charge in [0.2, 0.25) is 0 Å². The summed E-state index contributed by atoms with van der Waals surface area (Å²) in [6.07, 6.45) is 10.8. The van der Waals surface area contributed by atoms with Gasteiger partial charge in [0.05, 0.1) is 11.6 Å². The number of anilines is 1. The molecule has 2 aliphatic rings. The molecule has 3 aromatic rings. The Hall–Kier alpha value is -2.61. The van der Waals surface area contributed by atoms with Crippen LogP contribution in [-0.2, 0) is 17.6 Å². The Labute approximate surface area is 160 Å². The van der Waals surface area contributed by atoms with Gasteiger partial charge in [-0.05, 0) is 44.1 Å². The molecule has 1 N–H and O–H groups in total. The molecule has 1 aliphatic heterocycles. The van der Waals surface area contributed by atoms with Gasteiger partial charge in [-0.1, -0.05) is 0 Å². The van der Waals surface area contributed by atoms with E-state index in [1.807, 2.05) is 4.90 Å². The molecule has 0 aromatic carbocycles. The molecule has 1 fully saturated rings. The van der Waals surface area contributed by atoms with Crippen LogP contribution in [0.2, 0.25) is 0 Å². The topological polar surface area (TPSA) is 92.1 Å². The lowest BCUT2D eigenvalue weighted by Crippen LogP contribution is -2.36. The van der Waals surface area contributed by atoms with Gasteiger partial charge in [-0.25, -0.2) is 19.7 Å². The maximum absolute atomic E-state index is 11.8. The van der Waals surface area contributed by atoms with Crippen molar-refractivity contribution in [3.05, 3.63) is 29.0 Å². The number of nitrogens with zero attached hydrogens (tertiary/aromatic N) is 5. The Morgan fingerprint density at radius 2 is 2.07 bits per heavy atom. The number of aromatic nitrogens is 4. The number of aliphatic carboxylic acids is 1. The Kier molecular flexibility index (Phi) is 4.00. The van der Waals surface area contributed by atoms with Gasteiger partial charge < -0.3 is 10.0 Å². The summed E-state index contributed by atoms with van der Waals surface area (Å²) < 4.78 is 0. The van der Waals surface area contributed by atoms with Crippen molar-refractivity contribution in [2.45, 2.75) is 44.6 Å². The first-order valence-corrected chi connectivity index (χ1v) is 10.1. The van der Waals surface area contributed by atoms with Crippen molar-refractivity contribution in [1.82, 2.24) is 19.9 Å². The molecule has 4 heterocycles. The third kappa shape index (κ3) is 2.75. The van der Waals surface area contributed by atoms with Crippen LogP contribution in [0.4, 0.5) is 5.82 Å². The van der Waals surface area contributed by atoms with Gasteiger partial charge in [-0.2, -0.15) is 0 Å². The lowest BCUT2D eigenvalue weighted by Gasteiger charge is -2.24. The Balaban J connectivity index is 1.75. The van der Waals surface area contributed by atoms with Crippen LogP contribution in [0.1, 0.15) is 36.1 Å². The number of carboxylic acid groups (broad SMARTS) is 1. The van der Waals surface area contributed by atoms with E-state index in [0.29, 0.717) is 24.5 Å². The molecule has 138 valence electrons. The Bertz CT molecular complexity index is 1020. The highest BCUT2D eigenvalue weighted by Gasteiger charge is 2.34. The van der Waals surface area contributed by atoms with E-state index in [1.165, 1.54) is 16.9 Å². The molecule has 1 aliphatic carbocycles. The van der Waals surface area contributed by atoms with E-state index in [1.54, 1.807) is 29.9 Å². The Morgan fingerprint density at radius 3 is 2.89 bits per heavy atom. The van der Waals surface area contributed by atoms with Gasteiger partial charge in [0, 0.05) is 23.8 Å². The molecule has 0 bridgehead atoms. The van der Waals surface area contributed by atoms with Gasteiger partial charge in [-0.15, -0.1) is 11.3 Å². The largest absolute Gasteiger partial charge is 0.480 e. The first kappa shape index (κ1) is 16.6. The van der Waals surface area contributed by atoms with E-state index in [-0.39, 0.29) is 0 Å². The van der Waals surface area contributed by atoms with E-state index >= 15 is 0 Å². The fourth-order valence-electron chi connectivity index (χ4n) is 4.15. The van der Waals surface area contributed by atoms with Gasteiger partial charge in [0.1, 0.15) is 22.4 Å². The van der Waals surface area contributed by atoms with Crippen molar-refractivity contribution < 1.29 is 9.90 Å². The standard InChI is InChI=1S/C19H19N5O2S/c25-19(26)13-5-3-9-24(13)17-15-11-4-1-2-6-14(11)27-18(15)23-16(22-17)12-10-20-7-8-21-12/h7-8,10,13H,1-6,9H2,(H,25,26)/t13-/m0/s1. The molecule has 0 amide bonds. The van der Waals surface area contributed by atoms with Crippen molar-refractivity contribution in [1.29, 1.82) is 0 Å². The lowest BCUT2D eigenvalue weighted by atomic mass is 9.97. The maximum Gasteiger partial charge on any atom is 0.326 e. The van der Waals surface area contributed by atoms with Crippen LogP contribution in [0.5, 0.6) is 0 Å². The normalized spacial score (nSPS) is 19.4. The number of aryl methyl sites for hydroxylation is 2. The zero-order valence-corrected chi connectivity index (χ0v) is 15.6. The molecular formula is C19H19N5O2S. The highest BCUT2D eigenvalue weighted by Crippen LogP contribution is 2.42. The molecule has 0 saturated carbocycles. The summed E-state index contributed by atoms with van der Waals surface area (Å²) in [5.41, 5.74) is 1.93. The van der Waals surface area contributed by atoms with Crippen LogP contribution in [0.25, 0.3) is 21.7 Å². The smallest absolute Gasteiger partial charge is 0.326 e. The first-order valence-electron chi connectivity index (χ1n) is 9.30. The van der Waals surface area contributed by atoms with Crippen LogP contribution >= 0.6 is 11.3 Å². The Morgan fingerprint density at radius 1 is 1.19 bits per heavy atom. The highest BCUT2D eigenvalue weighted by atomic mass is 32.1. The highest BCUT2D eigenvalue weighted by molar-refractivity contribution is 7.19. The van der Waals surface area contributed by atoms with Crippen LogP contribution in [0, 0.1) is 0 Å². The number of thiophene rings is 1. The number of carboxylic acids is 1. The molecule has 0 unspecified atom stereocenters. The minimum Gasteiger partial charge on any atom is -0.480 e. The van der Waals surface area contributed by atoms with E-state index in [4.69, 9.17) is 9.97 Å². The van der Waals surface area contributed by atoms with Crippen molar-refractivity contribution in [2.75, 3.05) is 11.4 Å². The fourth-order valence-corrected chi connectivity index (χ4v) is 5.41. The maximum atomic E-state index is 11.8. The van der Waals surface area contributed by atoms with Gasteiger partial charge in [-0.3, -0.25) is 4.98 Å². The quantitative estimate of drug-likeness (QED) is 0.745. The average Bonchev–Trinajstić information content (AvgIpc) is 3.32. The van der Waals surface area contributed by atoms with Crippen LogP contribution in [0.15, 0.2) is 18.6 Å². The van der Waals surface area contributed by atoms with Crippen LogP contribution < -0.4 is 4.90 Å². The number of rotatable bonds is 3. The molecule has 0 spiro atoms. The summed E-state index contributed by atoms with van der Waals surface area (Å²) in [5, 5.41) is 10.7. The second-order valence-corrected chi connectivity index (χ2v) is 8.13. The lowest BCUT2D eigenvalue weighted by molar-refractivity contribution is -0.138. The van der Waals surface area contributed by atoms with Crippen LogP contribution in [-0.4, -0.2) is 43.6 Å². The van der Waals surface area contributed by atoms with E-state index in [2.05, 4.69) is 9.97 Å². The van der Waals surface area contributed by atoms with Gasteiger partial charge in [0.25, 0.3) is 0 Å².